The van der Waals surface area contributed by atoms with Crippen LogP contribution in [0.5, 0.6) is 0 Å². The molecule has 4 N–H and O–H groups in total. The largest absolute Gasteiger partial charge is 0.399 e. The van der Waals surface area contributed by atoms with Crippen LogP contribution in [0.2, 0.25) is 0 Å². The summed E-state index contributed by atoms with van der Waals surface area (Å²) in [6.07, 6.45) is 3.79. The van der Waals surface area contributed by atoms with Crippen molar-refractivity contribution in [3.8, 4) is 0 Å². The number of halogens is 1. The Hall–Kier alpha value is -0.540. The number of nitrogen functional groups attached to an aromatic ring is 1. The average molecular weight is 255 g/mol. The van der Waals surface area contributed by atoms with Crippen LogP contribution in [0.1, 0.15) is 30.9 Å². The van der Waals surface area contributed by atoms with Gasteiger partial charge in [-0.2, -0.15) is 0 Å². The molecule has 1 aromatic carbocycles. The lowest BCUT2D eigenvalue weighted by Gasteiger charge is -2.13. The zero-order valence-corrected chi connectivity index (χ0v) is 9.63. The molecule has 0 aromatic heterocycles. The number of hydrogen-bond acceptors (Lipinski definition) is 2. The molecule has 3 heteroatoms. The first-order chi connectivity index (χ1) is 6.66. The van der Waals surface area contributed by atoms with Crippen LogP contribution in [0.15, 0.2) is 22.7 Å². The fourth-order valence-corrected chi connectivity index (χ4v) is 2.37. The molecule has 14 heavy (non-hydrogen) atoms. The van der Waals surface area contributed by atoms with Gasteiger partial charge in [0, 0.05) is 16.2 Å². The maximum absolute atomic E-state index is 6.12. The van der Waals surface area contributed by atoms with Gasteiger partial charge in [0.2, 0.25) is 0 Å². The summed E-state index contributed by atoms with van der Waals surface area (Å²) in [6, 6.07) is 6.00. The van der Waals surface area contributed by atoms with Gasteiger partial charge in [-0.05, 0) is 30.0 Å². The van der Waals surface area contributed by atoms with Gasteiger partial charge in [0.1, 0.15) is 0 Å². The van der Waals surface area contributed by atoms with Crippen LogP contribution in [-0.4, -0.2) is 0 Å². The van der Waals surface area contributed by atoms with Crippen LogP contribution in [0.4, 0.5) is 5.69 Å². The first-order valence-corrected chi connectivity index (χ1v) is 5.76. The number of anilines is 1. The van der Waals surface area contributed by atoms with Crippen molar-refractivity contribution in [2.24, 2.45) is 11.7 Å². The number of benzene rings is 1. The second-order valence-electron chi connectivity index (χ2n) is 4.07. The van der Waals surface area contributed by atoms with Gasteiger partial charge in [-0.15, -0.1) is 0 Å². The van der Waals surface area contributed by atoms with Crippen molar-refractivity contribution in [3.05, 3.63) is 28.2 Å². The topological polar surface area (TPSA) is 52.0 Å². The molecular weight excluding hydrogens is 240 g/mol. The Labute approximate surface area is 92.8 Å². The van der Waals surface area contributed by atoms with Gasteiger partial charge >= 0.3 is 0 Å². The summed E-state index contributed by atoms with van der Waals surface area (Å²) in [5, 5.41) is 0. The van der Waals surface area contributed by atoms with Crippen molar-refractivity contribution >= 4 is 21.6 Å². The molecule has 1 aliphatic carbocycles. The third kappa shape index (κ3) is 2.28. The minimum atomic E-state index is 0.150. The Morgan fingerprint density at radius 3 is 2.71 bits per heavy atom. The number of nitrogens with two attached hydrogens (primary N) is 2. The highest BCUT2D eigenvalue weighted by Crippen LogP contribution is 2.38. The van der Waals surface area contributed by atoms with E-state index in [0.29, 0.717) is 0 Å². The minimum absolute atomic E-state index is 0.150. The van der Waals surface area contributed by atoms with E-state index in [-0.39, 0.29) is 6.04 Å². The summed E-state index contributed by atoms with van der Waals surface area (Å²) < 4.78 is 1.03. The molecule has 0 bridgehead atoms. The van der Waals surface area contributed by atoms with Crippen molar-refractivity contribution < 1.29 is 0 Å². The van der Waals surface area contributed by atoms with Crippen molar-refractivity contribution in [3.63, 3.8) is 0 Å². The third-order valence-electron chi connectivity index (χ3n) is 2.71. The predicted octanol–water partition coefficient (Wildman–Crippen LogP) is 2.83. The first-order valence-electron chi connectivity index (χ1n) is 4.97. The van der Waals surface area contributed by atoms with Gasteiger partial charge in [0.25, 0.3) is 0 Å². The molecule has 1 fully saturated rings. The molecule has 1 aromatic rings. The summed E-state index contributed by atoms with van der Waals surface area (Å²) in [5.74, 6) is 0.856. The third-order valence-corrected chi connectivity index (χ3v) is 3.39. The standard InChI is InChI=1S/C11H15BrN2/c12-10-6-8(13)3-4-9(10)11(14)5-7-1-2-7/h3-4,6-7,11H,1-2,5,13-14H2. The molecule has 0 amide bonds. The zero-order valence-electron chi connectivity index (χ0n) is 8.04. The van der Waals surface area contributed by atoms with E-state index in [1.54, 1.807) is 0 Å². The average Bonchev–Trinajstić information content (AvgIpc) is 2.87. The predicted molar refractivity (Wildman–Crippen MR) is 62.8 cm³/mol. The van der Waals surface area contributed by atoms with Crippen LogP contribution in [0.25, 0.3) is 0 Å². The fourth-order valence-electron chi connectivity index (χ4n) is 1.68. The van der Waals surface area contributed by atoms with Gasteiger partial charge in [-0.3, -0.25) is 0 Å². The Bertz CT molecular complexity index is 334. The van der Waals surface area contributed by atoms with Crippen molar-refractivity contribution in [1.29, 1.82) is 0 Å². The maximum atomic E-state index is 6.12. The first kappa shape index (κ1) is 9.99. The Morgan fingerprint density at radius 1 is 1.43 bits per heavy atom. The van der Waals surface area contributed by atoms with Crippen molar-refractivity contribution in [2.45, 2.75) is 25.3 Å². The van der Waals surface area contributed by atoms with Crippen LogP contribution in [0, 0.1) is 5.92 Å². The van der Waals surface area contributed by atoms with Crippen molar-refractivity contribution in [2.75, 3.05) is 5.73 Å². The molecule has 0 heterocycles. The maximum Gasteiger partial charge on any atom is 0.0325 e. The van der Waals surface area contributed by atoms with Gasteiger partial charge in [0.05, 0.1) is 0 Å². The second-order valence-corrected chi connectivity index (χ2v) is 4.92. The van der Waals surface area contributed by atoms with Crippen molar-refractivity contribution in [1.82, 2.24) is 0 Å². The molecule has 0 saturated heterocycles. The van der Waals surface area contributed by atoms with E-state index in [4.69, 9.17) is 11.5 Å². The lowest BCUT2D eigenvalue weighted by molar-refractivity contribution is 0.595. The lowest BCUT2D eigenvalue weighted by atomic mass is 10.0. The monoisotopic (exact) mass is 254 g/mol. The molecule has 76 valence electrons. The van der Waals surface area contributed by atoms with Crippen LogP contribution >= 0.6 is 15.9 Å². The van der Waals surface area contributed by atoms with E-state index in [2.05, 4.69) is 15.9 Å². The highest BCUT2D eigenvalue weighted by atomic mass is 79.9. The van der Waals surface area contributed by atoms with Crippen LogP contribution in [0.3, 0.4) is 0 Å². The smallest absolute Gasteiger partial charge is 0.0325 e. The van der Waals surface area contributed by atoms with E-state index in [0.717, 1.165) is 22.5 Å². The molecule has 1 aliphatic rings. The summed E-state index contributed by atoms with van der Waals surface area (Å²) in [7, 11) is 0. The summed E-state index contributed by atoms with van der Waals surface area (Å²) in [6.45, 7) is 0. The highest BCUT2D eigenvalue weighted by Gasteiger charge is 2.25. The lowest BCUT2D eigenvalue weighted by Crippen LogP contribution is -2.11. The van der Waals surface area contributed by atoms with E-state index < -0.39 is 0 Å². The van der Waals surface area contributed by atoms with E-state index >= 15 is 0 Å². The zero-order chi connectivity index (χ0) is 10.1. The Morgan fingerprint density at radius 2 is 2.14 bits per heavy atom. The SMILES string of the molecule is Nc1ccc(C(N)CC2CC2)c(Br)c1. The summed E-state index contributed by atoms with van der Waals surface area (Å²) in [5.41, 5.74) is 13.7. The molecule has 0 radical (unpaired) electrons. The van der Waals surface area contributed by atoms with Gasteiger partial charge in [-0.25, -0.2) is 0 Å². The van der Waals surface area contributed by atoms with E-state index in [1.807, 2.05) is 18.2 Å². The number of hydrogen-bond donors (Lipinski definition) is 2. The normalized spacial score (nSPS) is 18.1. The minimum Gasteiger partial charge on any atom is -0.399 e. The quantitative estimate of drug-likeness (QED) is 0.816. The molecule has 2 nitrogen and oxygen atoms in total. The molecular formula is C11H15BrN2. The molecule has 1 unspecified atom stereocenters. The van der Waals surface area contributed by atoms with E-state index in [9.17, 15) is 0 Å². The van der Waals surface area contributed by atoms with Gasteiger partial charge < -0.3 is 11.5 Å². The van der Waals surface area contributed by atoms with Gasteiger partial charge in [-0.1, -0.05) is 34.8 Å². The Balaban J connectivity index is 2.13. The number of rotatable bonds is 3. The Kier molecular flexibility index (Phi) is 2.79. The molecule has 1 atom stereocenters. The van der Waals surface area contributed by atoms with E-state index in [1.165, 1.54) is 18.4 Å². The van der Waals surface area contributed by atoms with Gasteiger partial charge in [0.15, 0.2) is 0 Å². The second kappa shape index (κ2) is 3.91. The summed E-state index contributed by atoms with van der Waals surface area (Å²) >= 11 is 3.50. The molecule has 0 aliphatic heterocycles. The summed E-state index contributed by atoms with van der Waals surface area (Å²) in [4.78, 5) is 0. The van der Waals surface area contributed by atoms with Crippen LogP contribution < -0.4 is 11.5 Å². The molecule has 0 spiro atoms. The highest BCUT2D eigenvalue weighted by molar-refractivity contribution is 9.10. The molecule has 2 rings (SSSR count). The van der Waals surface area contributed by atoms with Crippen LogP contribution in [-0.2, 0) is 0 Å². The fraction of sp³-hybridized carbons (Fsp3) is 0.455. The molecule has 1 saturated carbocycles.